The van der Waals surface area contributed by atoms with Gasteiger partial charge in [-0.25, -0.2) is 0 Å². The lowest BCUT2D eigenvalue weighted by Gasteiger charge is -2.21. The van der Waals surface area contributed by atoms with Crippen LogP contribution in [0.15, 0.2) is 23.4 Å². The van der Waals surface area contributed by atoms with Crippen LogP contribution < -0.4 is 5.73 Å². The van der Waals surface area contributed by atoms with Gasteiger partial charge < -0.3 is 15.8 Å². The Balaban J connectivity index is 2.95. The Bertz CT molecular complexity index is 489. The van der Waals surface area contributed by atoms with Gasteiger partial charge in [0, 0.05) is 17.1 Å². The van der Waals surface area contributed by atoms with E-state index in [-0.39, 0.29) is 18.3 Å². The lowest BCUT2D eigenvalue weighted by Crippen LogP contribution is -2.39. The molecule has 1 amide bonds. The lowest BCUT2D eigenvalue weighted by atomic mass is 10.1. The van der Waals surface area contributed by atoms with Gasteiger partial charge in [0.25, 0.3) is 5.91 Å². The topological polar surface area (TPSA) is 78.9 Å². The van der Waals surface area contributed by atoms with E-state index in [1.165, 1.54) is 4.90 Å². The van der Waals surface area contributed by atoms with Crippen LogP contribution in [0, 0.1) is 6.92 Å². The molecular weight excluding hydrogens is 266 g/mol. The zero-order valence-corrected chi connectivity index (χ0v) is 11.8. The normalized spacial score (nSPS) is 11.4. The number of nitrogens with zero attached hydrogens (tertiary/aromatic N) is 2. The van der Waals surface area contributed by atoms with Crippen molar-refractivity contribution in [3.05, 3.63) is 34.3 Å². The van der Waals surface area contributed by atoms with E-state index in [0.29, 0.717) is 17.1 Å². The number of amidine groups is 1. The number of benzene rings is 1. The average molecular weight is 284 g/mol. The second kappa shape index (κ2) is 6.99. The highest BCUT2D eigenvalue weighted by atomic mass is 35.5. The number of halogens is 1. The van der Waals surface area contributed by atoms with Gasteiger partial charge in [0.15, 0.2) is 5.84 Å². The predicted octanol–water partition coefficient (Wildman–Crippen LogP) is 2.25. The fourth-order valence-electron chi connectivity index (χ4n) is 1.66. The molecule has 0 fully saturated rings. The van der Waals surface area contributed by atoms with Crippen molar-refractivity contribution < 1.29 is 10.0 Å². The van der Waals surface area contributed by atoms with Gasteiger partial charge in [-0.3, -0.25) is 4.79 Å². The van der Waals surface area contributed by atoms with Gasteiger partial charge in [0.1, 0.15) is 0 Å². The molecule has 1 aromatic carbocycles. The quantitative estimate of drug-likeness (QED) is 0.376. The van der Waals surface area contributed by atoms with E-state index in [2.05, 4.69) is 5.16 Å². The predicted molar refractivity (Wildman–Crippen MR) is 75.8 cm³/mol. The molecule has 1 aromatic rings. The molecule has 0 bridgehead atoms. The van der Waals surface area contributed by atoms with E-state index in [1.54, 1.807) is 18.2 Å². The SMILES string of the molecule is CCCN(CC(N)=NO)C(=O)c1ccc(C)c(Cl)c1. The molecule has 0 aliphatic heterocycles. The lowest BCUT2D eigenvalue weighted by molar-refractivity contribution is 0.0778. The zero-order chi connectivity index (χ0) is 14.4. The number of oxime groups is 1. The summed E-state index contributed by atoms with van der Waals surface area (Å²) in [5.74, 6) is -0.185. The Morgan fingerprint density at radius 2 is 2.21 bits per heavy atom. The number of hydrogen-bond donors (Lipinski definition) is 2. The largest absolute Gasteiger partial charge is 0.409 e. The number of carbonyl (C=O) groups is 1. The maximum Gasteiger partial charge on any atom is 0.254 e. The van der Waals surface area contributed by atoms with Crippen LogP contribution in [0.5, 0.6) is 0 Å². The standard InChI is InChI=1S/C13H18ClN3O2/c1-3-6-17(8-12(15)16-19)13(18)10-5-4-9(2)11(14)7-10/h4-5,7,19H,3,6,8H2,1-2H3,(H2,15,16). The molecule has 0 aromatic heterocycles. The molecule has 104 valence electrons. The molecule has 3 N–H and O–H groups in total. The van der Waals surface area contributed by atoms with Gasteiger partial charge in [-0.1, -0.05) is 29.7 Å². The van der Waals surface area contributed by atoms with Crippen molar-refractivity contribution in [3.8, 4) is 0 Å². The molecule has 5 nitrogen and oxygen atoms in total. The molecule has 0 spiro atoms. The van der Waals surface area contributed by atoms with Crippen LogP contribution in [0.1, 0.15) is 29.3 Å². The third-order valence-electron chi connectivity index (χ3n) is 2.68. The second-order valence-electron chi connectivity index (χ2n) is 4.28. The van der Waals surface area contributed by atoms with Crippen LogP contribution in [0.4, 0.5) is 0 Å². The highest BCUT2D eigenvalue weighted by molar-refractivity contribution is 6.31. The number of carbonyl (C=O) groups excluding carboxylic acids is 1. The molecular formula is C13H18ClN3O2. The van der Waals surface area contributed by atoms with Crippen molar-refractivity contribution in [2.24, 2.45) is 10.9 Å². The monoisotopic (exact) mass is 283 g/mol. The maximum absolute atomic E-state index is 12.3. The van der Waals surface area contributed by atoms with Crippen molar-refractivity contribution in [2.45, 2.75) is 20.3 Å². The molecule has 0 heterocycles. The first-order valence-corrected chi connectivity index (χ1v) is 6.39. The molecule has 0 aliphatic carbocycles. The summed E-state index contributed by atoms with van der Waals surface area (Å²) in [5.41, 5.74) is 6.86. The van der Waals surface area contributed by atoms with Gasteiger partial charge in [-0.05, 0) is 31.0 Å². The highest BCUT2D eigenvalue weighted by Crippen LogP contribution is 2.18. The molecule has 6 heteroatoms. The number of hydrogen-bond acceptors (Lipinski definition) is 3. The first kappa shape index (κ1) is 15.3. The molecule has 0 unspecified atom stereocenters. The van der Waals surface area contributed by atoms with E-state index in [0.717, 1.165) is 12.0 Å². The minimum atomic E-state index is -0.185. The van der Waals surface area contributed by atoms with Gasteiger partial charge >= 0.3 is 0 Å². The van der Waals surface area contributed by atoms with Crippen LogP contribution in [-0.2, 0) is 0 Å². The molecule has 0 atom stereocenters. The van der Waals surface area contributed by atoms with Crippen molar-refractivity contribution in [1.29, 1.82) is 0 Å². The van der Waals surface area contributed by atoms with Crippen molar-refractivity contribution in [1.82, 2.24) is 4.90 Å². The Morgan fingerprint density at radius 3 is 2.74 bits per heavy atom. The first-order valence-electron chi connectivity index (χ1n) is 6.01. The summed E-state index contributed by atoms with van der Waals surface area (Å²) in [6.07, 6.45) is 0.782. The number of amides is 1. The molecule has 0 saturated heterocycles. The Kier molecular flexibility index (Phi) is 5.63. The third kappa shape index (κ3) is 4.13. The second-order valence-corrected chi connectivity index (χ2v) is 4.69. The molecule has 1 rings (SSSR count). The van der Waals surface area contributed by atoms with Gasteiger partial charge in [-0.15, -0.1) is 0 Å². The van der Waals surface area contributed by atoms with E-state index in [4.69, 9.17) is 22.5 Å². The third-order valence-corrected chi connectivity index (χ3v) is 3.09. The maximum atomic E-state index is 12.3. The summed E-state index contributed by atoms with van der Waals surface area (Å²) in [6.45, 7) is 4.45. The minimum absolute atomic E-state index is 0.00000798. The first-order chi connectivity index (χ1) is 8.99. The molecule has 0 aliphatic rings. The van der Waals surface area contributed by atoms with Crippen molar-refractivity contribution in [2.75, 3.05) is 13.1 Å². The fraction of sp³-hybridized carbons (Fsp3) is 0.385. The Morgan fingerprint density at radius 1 is 1.53 bits per heavy atom. The Hall–Kier alpha value is -1.75. The smallest absolute Gasteiger partial charge is 0.254 e. The molecule has 0 radical (unpaired) electrons. The average Bonchev–Trinajstić information content (AvgIpc) is 2.40. The van der Waals surface area contributed by atoms with Gasteiger partial charge in [-0.2, -0.15) is 0 Å². The summed E-state index contributed by atoms with van der Waals surface area (Å²) >= 11 is 6.01. The summed E-state index contributed by atoms with van der Waals surface area (Å²) < 4.78 is 0. The summed E-state index contributed by atoms with van der Waals surface area (Å²) in [6, 6.07) is 5.15. The van der Waals surface area contributed by atoms with Crippen LogP contribution in [-0.4, -0.2) is 34.9 Å². The van der Waals surface area contributed by atoms with Crippen molar-refractivity contribution in [3.63, 3.8) is 0 Å². The van der Waals surface area contributed by atoms with Crippen LogP contribution in [0.3, 0.4) is 0 Å². The van der Waals surface area contributed by atoms with E-state index in [9.17, 15) is 4.79 Å². The molecule has 19 heavy (non-hydrogen) atoms. The van der Waals surface area contributed by atoms with E-state index in [1.807, 2.05) is 13.8 Å². The number of rotatable bonds is 5. The Labute approximate surface area is 117 Å². The van der Waals surface area contributed by atoms with Crippen LogP contribution >= 0.6 is 11.6 Å². The fourth-order valence-corrected chi connectivity index (χ4v) is 1.84. The summed E-state index contributed by atoms with van der Waals surface area (Å²) in [5, 5.41) is 12.0. The summed E-state index contributed by atoms with van der Waals surface area (Å²) in [7, 11) is 0. The van der Waals surface area contributed by atoms with Gasteiger partial charge in [0.05, 0.1) is 6.54 Å². The number of nitrogens with two attached hydrogens (primary N) is 1. The van der Waals surface area contributed by atoms with Crippen molar-refractivity contribution >= 4 is 23.3 Å². The van der Waals surface area contributed by atoms with Gasteiger partial charge in [0.2, 0.25) is 0 Å². The van der Waals surface area contributed by atoms with Crippen LogP contribution in [0.25, 0.3) is 0 Å². The van der Waals surface area contributed by atoms with Crippen LogP contribution in [0.2, 0.25) is 5.02 Å². The zero-order valence-electron chi connectivity index (χ0n) is 11.1. The summed E-state index contributed by atoms with van der Waals surface area (Å²) in [4.78, 5) is 13.8. The number of aryl methyl sites for hydroxylation is 1. The van der Waals surface area contributed by atoms with E-state index < -0.39 is 0 Å². The van der Waals surface area contributed by atoms with E-state index >= 15 is 0 Å². The molecule has 0 saturated carbocycles. The minimum Gasteiger partial charge on any atom is -0.409 e. The highest BCUT2D eigenvalue weighted by Gasteiger charge is 2.17.